The Bertz CT molecular complexity index is 527. The molecule has 4 atom stereocenters. The monoisotopic (exact) mass is 273 g/mol. The van der Waals surface area contributed by atoms with Gasteiger partial charge in [-0.05, 0) is 49.3 Å². The van der Waals surface area contributed by atoms with E-state index in [0.717, 1.165) is 18.6 Å². The van der Waals surface area contributed by atoms with Gasteiger partial charge in [0.05, 0.1) is 13.7 Å². The highest BCUT2D eigenvalue weighted by Crippen LogP contribution is 2.48. The molecule has 3 rings (SSSR count). The standard InChI is InChI=1S/C17H23NO2/c1-11-8-17(2)9-14(15(19)10-18-17)16(11)12-5-4-6-13(7-12)20-3/h4-7,11,14,16,18H,8-10H2,1-3H3. The first-order valence-electron chi connectivity index (χ1n) is 7.44. The van der Waals surface area contributed by atoms with Crippen molar-refractivity contribution in [3.63, 3.8) is 0 Å². The molecule has 1 heterocycles. The Morgan fingerprint density at radius 2 is 2.15 bits per heavy atom. The molecule has 0 radical (unpaired) electrons. The Balaban J connectivity index is 1.96. The Morgan fingerprint density at radius 1 is 1.35 bits per heavy atom. The Morgan fingerprint density at radius 3 is 2.90 bits per heavy atom. The molecule has 1 aromatic rings. The summed E-state index contributed by atoms with van der Waals surface area (Å²) in [7, 11) is 1.69. The number of ether oxygens (including phenoxy) is 1. The fraction of sp³-hybridized carbons (Fsp3) is 0.588. The molecule has 4 unspecified atom stereocenters. The zero-order valence-electron chi connectivity index (χ0n) is 12.5. The summed E-state index contributed by atoms with van der Waals surface area (Å²) in [6, 6.07) is 8.23. The summed E-state index contributed by atoms with van der Waals surface area (Å²) < 4.78 is 5.33. The minimum atomic E-state index is 0.132. The number of ketones is 1. The third-order valence-electron chi connectivity index (χ3n) is 5.07. The Kier molecular flexibility index (Phi) is 3.33. The number of hydrogen-bond donors (Lipinski definition) is 1. The third kappa shape index (κ3) is 2.24. The van der Waals surface area contributed by atoms with Crippen LogP contribution in [0.25, 0.3) is 0 Å². The predicted molar refractivity (Wildman–Crippen MR) is 79.0 cm³/mol. The maximum atomic E-state index is 12.3. The third-order valence-corrected chi connectivity index (χ3v) is 5.07. The quantitative estimate of drug-likeness (QED) is 0.900. The minimum Gasteiger partial charge on any atom is -0.497 e. The van der Waals surface area contributed by atoms with Crippen molar-refractivity contribution in [2.75, 3.05) is 13.7 Å². The summed E-state index contributed by atoms with van der Waals surface area (Å²) in [5.74, 6) is 2.22. The molecule has 1 saturated carbocycles. The van der Waals surface area contributed by atoms with E-state index < -0.39 is 0 Å². The second kappa shape index (κ2) is 4.88. The molecule has 2 fully saturated rings. The average Bonchev–Trinajstić information content (AvgIpc) is 2.43. The van der Waals surface area contributed by atoms with E-state index in [1.807, 2.05) is 12.1 Å². The summed E-state index contributed by atoms with van der Waals surface area (Å²) in [5.41, 5.74) is 1.38. The van der Waals surface area contributed by atoms with Gasteiger partial charge < -0.3 is 10.1 Å². The van der Waals surface area contributed by atoms with Crippen LogP contribution in [0, 0.1) is 11.8 Å². The number of piperidine rings is 1. The lowest BCUT2D eigenvalue weighted by Gasteiger charge is -2.50. The molecule has 1 saturated heterocycles. The van der Waals surface area contributed by atoms with Crippen LogP contribution in [-0.2, 0) is 4.79 Å². The minimum absolute atomic E-state index is 0.132. The van der Waals surface area contributed by atoms with Gasteiger partial charge in [-0.25, -0.2) is 0 Å². The van der Waals surface area contributed by atoms with Crippen molar-refractivity contribution in [1.82, 2.24) is 5.32 Å². The number of nitrogens with one attached hydrogen (secondary N) is 1. The van der Waals surface area contributed by atoms with E-state index in [9.17, 15) is 4.79 Å². The predicted octanol–water partition coefficient (Wildman–Crippen LogP) is 2.76. The van der Waals surface area contributed by atoms with Gasteiger partial charge >= 0.3 is 0 Å². The smallest absolute Gasteiger partial charge is 0.150 e. The van der Waals surface area contributed by atoms with Crippen LogP contribution in [0.1, 0.15) is 38.2 Å². The number of hydrogen-bond acceptors (Lipinski definition) is 3. The molecule has 1 aliphatic heterocycles. The first-order valence-corrected chi connectivity index (χ1v) is 7.44. The second-order valence-corrected chi connectivity index (χ2v) is 6.67. The lowest BCUT2D eigenvalue weighted by atomic mass is 9.60. The molecule has 20 heavy (non-hydrogen) atoms. The van der Waals surface area contributed by atoms with Gasteiger partial charge in [-0.15, -0.1) is 0 Å². The maximum absolute atomic E-state index is 12.3. The summed E-state index contributed by atoms with van der Waals surface area (Å²) in [5, 5.41) is 3.43. The molecule has 0 spiro atoms. The molecular weight excluding hydrogens is 250 g/mol. The van der Waals surface area contributed by atoms with E-state index in [0.29, 0.717) is 24.2 Å². The molecule has 0 amide bonds. The summed E-state index contributed by atoms with van der Waals surface area (Å²) in [6.07, 6.45) is 2.08. The lowest BCUT2D eigenvalue weighted by Crippen LogP contribution is -2.58. The maximum Gasteiger partial charge on any atom is 0.150 e. The van der Waals surface area contributed by atoms with Crippen molar-refractivity contribution in [2.45, 2.75) is 38.1 Å². The second-order valence-electron chi connectivity index (χ2n) is 6.67. The fourth-order valence-corrected chi connectivity index (χ4v) is 4.23. The highest BCUT2D eigenvalue weighted by molar-refractivity contribution is 5.85. The number of Topliss-reactive ketones (excluding diaryl/α,β-unsaturated/α-hetero) is 1. The van der Waals surface area contributed by atoms with Crippen molar-refractivity contribution in [3.8, 4) is 5.75 Å². The molecule has 3 heteroatoms. The first-order chi connectivity index (χ1) is 9.52. The van der Waals surface area contributed by atoms with E-state index in [1.54, 1.807) is 7.11 Å². The Hall–Kier alpha value is -1.35. The molecular formula is C17H23NO2. The van der Waals surface area contributed by atoms with Crippen molar-refractivity contribution in [3.05, 3.63) is 29.8 Å². The first kappa shape index (κ1) is 13.6. The summed E-state index contributed by atoms with van der Waals surface area (Å²) >= 11 is 0. The molecule has 1 N–H and O–H groups in total. The van der Waals surface area contributed by atoms with Gasteiger partial charge in [-0.3, -0.25) is 4.79 Å². The zero-order chi connectivity index (χ0) is 14.3. The van der Waals surface area contributed by atoms with Crippen LogP contribution < -0.4 is 10.1 Å². The highest BCUT2D eigenvalue weighted by atomic mass is 16.5. The number of methoxy groups -OCH3 is 1. The van der Waals surface area contributed by atoms with E-state index in [1.165, 1.54) is 5.56 Å². The molecule has 2 bridgehead atoms. The van der Waals surface area contributed by atoms with Crippen molar-refractivity contribution >= 4 is 5.78 Å². The number of rotatable bonds is 2. The van der Waals surface area contributed by atoms with E-state index in [-0.39, 0.29) is 11.5 Å². The van der Waals surface area contributed by atoms with E-state index in [4.69, 9.17) is 4.74 Å². The topological polar surface area (TPSA) is 38.3 Å². The van der Waals surface area contributed by atoms with Gasteiger partial charge in [0.15, 0.2) is 0 Å². The van der Waals surface area contributed by atoms with Crippen molar-refractivity contribution in [1.29, 1.82) is 0 Å². The molecule has 1 aromatic carbocycles. The van der Waals surface area contributed by atoms with Gasteiger partial charge in [0.1, 0.15) is 11.5 Å². The van der Waals surface area contributed by atoms with Crippen molar-refractivity contribution in [2.24, 2.45) is 11.8 Å². The van der Waals surface area contributed by atoms with Crippen LogP contribution in [0.15, 0.2) is 24.3 Å². The van der Waals surface area contributed by atoms with Gasteiger partial charge in [-0.1, -0.05) is 19.1 Å². The van der Waals surface area contributed by atoms with Crippen LogP contribution in [-0.4, -0.2) is 25.0 Å². The highest BCUT2D eigenvalue weighted by Gasteiger charge is 2.48. The van der Waals surface area contributed by atoms with Crippen LogP contribution in [0.4, 0.5) is 0 Å². The van der Waals surface area contributed by atoms with Gasteiger partial charge in [-0.2, -0.15) is 0 Å². The number of carbonyl (C=O) groups excluding carboxylic acids is 1. The number of carbonyl (C=O) groups is 1. The summed E-state index contributed by atoms with van der Waals surface area (Å²) in [6.45, 7) is 5.05. The number of fused-ring (bicyclic) bond motifs is 2. The molecule has 2 aliphatic rings. The van der Waals surface area contributed by atoms with E-state index >= 15 is 0 Å². The van der Waals surface area contributed by atoms with Crippen LogP contribution in [0.2, 0.25) is 0 Å². The van der Waals surface area contributed by atoms with Gasteiger partial charge in [0.2, 0.25) is 0 Å². The summed E-state index contributed by atoms with van der Waals surface area (Å²) in [4.78, 5) is 12.3. The van der Waals surface area contributed by atoms with Crippen LogP contribution >= 0.6 is 0 Å². The normalized spacial score (nSPS) is 36.8. The average molecular weight is 273 g/mol. The number of benzene rings is 1. The lowest BCUT2D eigenvalue weighted by molar-refractivity contribution is -0.129. The molecule has 1 aliphatic carbocycles. The largest absolute Gasteiger partial charge is 0.497 e. The molecule has 108 valence electrons. The molecule has 3 nitrogen and oxygen atoms in total. The molecule has 0 aromatic heterocycles. The van der Waals surface area contributed by atoms with Crippen LogP contribution in [0.5, 0.6) is 5.75 Å². The van der Waals surface area contributed by atoms with Crippen molar-refractivity contribution < 1.29 is 9.53 Å². The Labute approximate surface area is 120 Å². The van der Waals surface area contributed by atoms with Gasteiger partial charge in [0, 0.05) is 11.5 Å². The fourth-order valence-electron chi connectivity index (χ4n) is 4.23. The van der Waals surface area contributed by atoms with E-state index in [2.05, 4.69) is 31.3 Å². The van der Waals surface area contributed by atoms with Gasteiger partial charge in [0.25, 0.3) is 0 Å². The zero-order valence-corrected chi connectivity index (χ0v) is 12.5. The van der Waals surface area contributed by atoms with Crippen LogP contribution in [0.3, 0.4) is 0 Å². The SMILES string of the molecule is COc1cccc(C2C(C)CC3(C)CC2C(=O)CN3)c1.